The lowest BCUT2D eigenvalue weighted by Gasteiger charge is -2.22. The highest BCUT2D eigenvalue weighted by atomic mass is 32.1. The van der Waals surface area contributed by atoms with E-state index in [1.54, 1.807) is 11.3 Å². The number of thiazole rings is 1. The maximum absolute atomic E-state index is 5.71. The average molecular weight is 226 g/mol. The first-order valence-corrected chi connectivity index (χ1v) is 6.23. The summed E-state index contributed by atoms with van der Waals surface area (Å²) in [6.45, 7) is 8.07. The van der Waals surface area contributed by atoms with Crippen LogP contribution in [0.2, 0.25) is 0 Å². The molecule has 0 aliphatic carbocycles. The molecule has 0 amide bonds. The van der Waals surface area contributed by atoms with Crippen molar-refractivity contribution >= 4 is 16.5 Å². The Balaban J connectivity index is 1.92. The van der Waals surface area contributed by atoms with Crippen LogP contribution in [-0.4, -0.2) is 23.7 Å². The third kappa shape index (κ3) is 2.49. The van der Waals surface area contributed by atoms with E-state index in [1.165, 1.54) is 11.3 Å². The molecule has 2 rings (SSSR count). The smallest absolute Gasteiger partial charge is 0.183 e. The van der Waals surface area contributed by atoms with Gasteiger partial charge in [-0.25, -0.2) is 4.98 Å². The topological polar surface area (TPSA) is 34.2 Å². The Kier molecular flexibility index (Phi) is 2.98. The van der Waals surface area contributed by atoms with E-state index < -0.39 is 0 Å². The molecule has 0 aromatic carbocycles. The highest BCUT2D eigenvalue weighted by molar-refractivity contribution is 7.15. The van der Waals surface area contributed by atoms with Crippen LogP contribution in [0.25, 0.3) is 0 Å². The normalized spacial score (nSPS) is 25.8. The second kappa shape index (κ2) is 4.10. The Morgan fingerprint density at radius 3 is 2.87 bits per heavy atom. The summed E-state index contributed by atoms with van der Waals surface area (Å²) in [6.07, 6.45) is 2.32. The molecule has 0 radical (unpaired) electrons. The molecule has 1 atom stereocenters. The van der Waals surface area contributed by atoms with E-state index in [-0.39, 0.29) is 5.60 Å². The summed E-state index contributed by atoms with van der Waals surface area (Å²) in [5.74, 6) is 0. The van der Waals surface area contributed by atoms with Gasteiger partial charge in [0.2, 0.25) is 0 Å². The maximum atomic E-state index is 5.71. The number of anilines is 1. The summed E-state index contributed by atoms with van der Waals surface area (Å²) < 4.78 is 5.71. The Morgan fingerprint density at radius 1 is 1.53 bits per heavy atom. The molecule has 1 fully saturated rings. The van der Waals surface area contributed by atoms with E-state index >= 15 is 0 Å². The molecule has 1 saturated heterocycles. The zero-order valence-electron chi connectivity index (χ0n) is 9.59. The van der Waals surface area contributed by atoms with Gasteiger partial charge in [0.05, 0.1) is 11.3 Å². The summed E-state index contributed by atoms with van der Waals surface area (Å²) in [4.78, 5) is 5.74. The largest absolute Gasteiger partial charge is 0.373 e. The van der Waals surface area contributed by atoms with E-state index in [0.29, 0.717) is 0 Å². The Labute approximate surface area is 94.9 Å². The van der Waals surface area contributed by atoms with Crippen LogP contribution >= 0.6 is 11.3 Å². The molecule has 0 bridgehead atoms. The number of hydrogen-bond acceptors (Lipinski definition) is 4. The van der Waals surface area contributed by atoms with Crippen molar-refractivity contribution in [1.82, 2.24) is 4.98 Å². The van der Waals surface area contributed by atoms with Gasteiger partial charge in [0.25, 0.3) is 0 Å². The molecule has 84 valence electrons. The molecule has 1 aromatic heterocycles. The number of rotatable bonds is 3. The highest BCUT2D eigenvalue weighted by Gasteiger charge is 2.29. The van der Waals surface area contributed by atoms with Crippen molar-refractivity contribution in [2.75, 3.05) is 18.5 Å². The van der Waals surface area contributed by atoms with Crippen LogP contribution < -0.4 is 5.32 Å². The molecule has 1 aromatic rings. The van der Waals surface area contributed by atoms with Crippen molar-refractivity contribution in [2.24, 2.45) is 0 Å². The lowest BCUT2D eigenvalue weighted by molar-refractivity contribution is 0.0315. The molecule has 0 spiro atoms. The fraction of sp³-hybridized carbons (Fsp3) is 0.727. The molecular weight excluding hydrogens is 208 g/mol. The minimum atomic E-state index is 0.00742. The minimum Gasteiger partial charge on any atom is -0.373 e. The van der Waals surface area contributed by atoms with Crippen molar-refractivity contribution in [3.63, 3.8) is 0 Å². The molecular formula is C11H18N2OS. The van der Waals surface area contributed by atoms with Gasteiger partial charge in [0.15, 0.2) is 5.13 Å². The van der Waals surface area contributed by atoms with Gasteiger partial charge >= 0.3 is 0 Å². The van der Waals surface area contributed by atoms with Crippen LogP contribution in [0, 0.1) is 13.8 Å². The third-order valence-corrected chi connectivity index (χ3v) is 3.97. The number of nitrogens with zero attached hydrogens (tertiary/aromatic N) is 1. The van der Waals surface area contributed by atoms with E-state index in [1.807, 2.05) is 6.92 Å². The Morgan fingerprint density at radius 2 is 2.33 bits per heavy atom. The van der Waals surface area contributed by atoms with Crippen molar-refractivity contribution < 1.29 is 4.74 Å². The van der Waals surface area contributed by atoms with E-state index in [9.17, 15) is 0 Å². The second-order valence-corrected chi connectivity index (χ2v) is 5.62. The first-order chi connectivity index (χ1) is 7.09. The zero-order chi connectivity index (χ0) is 10.9. The number of hydrogen-bond donors (Lipinski definition) is 1. The van der Waals surface area contributed by atoms with Crippen molar-refractivity contribution in [3.8, 4) is 0 Å². The summed E-state index contributed by atoms with van der Waals surface area (Å²) in [6, 6.07) is 0. The Hall–Kier alpha value is -0.610. The molecule has 15 heavy (non-hydrogen) atoms. The van der Waals surface area contributed by atoms with Gasteiger partial charge in [0, 0.05) is 18.0 Å². The lowest BCUT2D eigenvalue weighted by atomic mass is 10.0. The second-order valence-electron chi connectivity index (χ2n) is 4.42. The van der Waals surface area contributed by atoms with E-state index in [2.05, 4.69) is 24.1 Å². The van der Waals surface area contributed by atoms with Gasteiger partial charge in [0.1, 0.15) is 0 Å². The first kappa shape index (κ1) is 10.9. The molecule has 1 aliphatic heterocycles. The minimum absolute atomic E-state index is 0.00742. The van der Waals surface area contributed by atoms with Gasteiger partial charge in [-0.15, -0.1) is 11.3 Å². The summed E-state index contributed by atoms with van der Waals surface area (Å²) in [5.41, 5.74) is 1.13. The van der Waals surface area contributed by atoms with Crippen LogP contribution in [0.1, 0.15) is 30.3 Å². The van der Waals surface area contributed by atoms with Gasteiger partial charge in [-0.2, -0.15) is 0 Å². The van der Waals surface area contributed by atoms with Gasteiger partial charge in [-0.3, -0.25) is 0 Å². The molecule has 2 heterocycles. The molecule has 1 N–H and O–H groups in total. The van der Waals surface area contributed by atoms with Crippen LogP contribution in [0.5, 0.6) is 0 Å². The molecule has 4 heteroatoms. The summed E-state index contributed by atoms with van der Waals surface area (Å²) >= 11 is 1.72. The SMILES string of the molecule is Cc1nc(NCC2(C)CCCO2)sc1C. The standard InChI is InChI=1S/C11H18N2OS/c1-8-9(2)15-10(13-8)12-7-11(3)5-4-6-14-11/h4-7H2,1-3H3,(H,12,13). The predicted molar refractivity (Wildman–Crippen MR) is 63.7 cm³/mol. The van der Waals surface area contributed by atoms with Crippen molar-refractivity contribution in [3.05, 3.63) is 10.6 Å². The van der Waals surface area contributed by atoms with E-state index in [4.69, 9.17) is 4.74 Å². The van der Waals surface area contributed by atoms with Crippen LogP contribution in [0.3, 0.4) is 0 Å². The van der Waals surface area contributed by atoms with Crippen LogP contribution in [0.4, 0.5) is 5.13 Å². The molecule has 3 nitrogen and oxygen atoms in total. The Bertz CT molecular complexity index is 323. The molecule has 1 aliphatic rings. The van der Waals surface area contributed by atoms with Gasteiger partial charge in [-0.05, 0) is 33.6 Å². The van der Waals surface area contributed by atoms with E-state index in [0.717, 1.165) is 30.4 Å². The average Bonchev–Trinajstić information content (AvgIpc) is 2.73. The quantitative estimate of drug-likeness (QED) is 0.860. The monoisotopic (exact) mass is 226 g/mol. The molecule has 1 unspecified atom stereocenters. The summed E-state index contributed by atoms with van der Waals surface area (Å²) in [7, 11) is 0. The fourth-order valence-corrected chi connectivity index (χ4v) is 2.60. The number of nitrogens with one attached hydrogen (secondary N) is 1. The predicted octanol–water partition coefficient (Wildman–Crippen LogP) is 2.74. The number of ether oxygens (including phenoxy) is 1. The van der Waals surface area contributed by atoms with Gasteiger partial charge < -0.3 is 10.1 Å². The third-order valence-electron chi connectivity index (χ3n) is 2.94. The number of aromatic nitrogens is 1. The zero-order valence-corrected chi connectivity index (χ0v) is 10.4. The fourth-order valence-electron chi connectivity index (χ4n) is 1.79. The maximum Gasteiger partial charge on any atom is 0.183 e. The van der Waals surface area contributed by atoms with Gasteiger partial charge in [-0.1, -0.05) is 0 Å². The summed E-state index contributed by atoms with van der Waals surface area (Å²) in [5, 5.41) is 4.39. The molecule has 0 saturated carbocycles. The number of aryl methyl sites for hydroxylation is 2. The first-order valence-electron chi connectivity index (χ1n) is 5.41. The van der Waals surface area contributed by atoms with Crippen LogP contribution in [-0.2, 0) is 4.74 Å². The lowest BCUT2D eigenvalue weighted by Crippen LogP contribution is -2.32. The highest BCUT2D eigenvalue weighted by Crippen LogP contribution is 2.27. The van der Waals surface area contributed by atoms with Crippen molar-refractivity contribution in [1.29, 1.82) is 0 Å². The van der Waals surface area contributed by atoms with Crippen LogP contribution in [0.15, 0.2) is 0 Å². The van der Waals surface area contributed by atoms with Crippen molar-refractivity contribution in [2.45, 2.75) is 39.2 Å².